The van der Waals surface area contributed by atoms with E-state index in [9.17, 15) is 4.79 Å². The summed E-state index contributed by atoms with van der Waals surface area (Å²) in [4.78, 5) is 14.3. The van der Waals surface area contributed by atoms with Gasteiger partial charge in [0.1, 0.15) is 0 Å². The minimum atomic E-state index is -0.0206. The van der Waals surface area contributed by atoms with Crippen molar-refractivity contribution in [3.05, 3.63) is 17.5 Å². The third-order valence-corrected chi connectivity index (χ3v) is 4.66. The van der Waals surface area contributed by atoms with Crippen molar-refractivity contribution in [2.24, 2.45) is 11.8 Å². The van der Waals surface area contributed by atoms with E-state index in [1.54, 1.807) is 13.2 Å². The molecular weight excluding hydrogens is 256 g/mol. The maximum atomic E-state index is 12.4. The van der Waals surface area contributed by atoms with Crippen molar-refractivity contribution in [1.29, 1.82) is 0 Å². The van der Waals surface area contributed by atoms with E-state index in [2.05, 4.69) is 5.16 Å². The third kappa shape index (κ3) is 2.35. The Kier molecular flexibility index (Phi) is 3.54. The van der Waals surface area contributed by atoms with Crippen LogP contribution in [-0.4, -0.2) is 42.3 Å². The first-order valence-corrected chi connectivity index (χ1v) is 7.37. The van der Waals surface area contributed by atoms with E-state index in [4.69, 9.17) is 9.26 Å². The van der Waals surface area contributed by atoms with E-state index in [0.29, 0.717) is 23.7 Å². The van der Waals surface area contributed by atoms with E-state index in [1.165, 1.54) is 0 Å². The summed E-state index contributed by atoms with van der Waals surface area (Å²) in [6.07, 6.45) is 2.51. The summed E-state index contributed by atoms with van der Waals surface area (Å²) in [6, 6.07) is 1.78. The van der Waals surface area contributed by atoms with E-state index < -0.39 is 0 Å². The van der Waals surface area contributed by atoms with Crippen LogP contribution in [0.2, 0.25) is 0 Å². The second-order valence-electron chi connectivity index (χ2n) is 6.33. The number of carbonyl (C=O) groups excluding carboxylic acids is 1. The number of nitrogens with zero attached hydrogens (tertiary/aromatic N) is 2. The van der Waals surface area contributed by atoms with Crippen molar-refractivity contribution >= 4 is 5.91 Å². The number of methoxy groups -OCH3 is 1. The van der Waals surface area contributed by atoms with Crippen LogP contribution in [0.15, 0.2) is 10.6 Å². The summed E-state index contributed by atoms with van der Waals surface area (Å²) in [5.74, 6) is 1.79. The molecule has 110 valence electrons. The van der Waals surface area contributed by atoms with Gasteiger partial charge in [0, 0.05) is 26.3 Å². The number of likely N-dealkylation sites (tertiary alicyclic amines) is 1. The summed E-state index contributed by atoms with van der Waals surface area (Å²) in [7, 11) is 1.77. The van der Waals surface area contributed by atoms with Gasteiger partial charge in [0.05, 0.1) is 11.8 Å². The average molecular weight is 278 g/mol. The molecule has 3 rings (SSSR count). The average Bonchev–Trinajstić information content (AvgIpc) is 3.11. The summed E-state index contributed by atoms with van der Waals surface area (Å²) >= 11 is 0. The highest BCUT2D eigenvalue weighted by Gasteiger charge is 2.43. The molecule has 3 atom stereocenters. The standard InChI is InChI=1S/C15H22N2O3/c1-9(2)13-6-14(20-16-13)15(18)17-7-10-4-12(19-3)5-11(10)8-17/h6,9-12H,4-5,7-8H2,1-3H3/t10-,11+,12?. The highest BCUT2D eigenvalue weighted by atomic mass is 16.5. The van der Waals surface area contributed by atoms with Crippen LogP contribution in [0.5, 0.6) is 0 Å². The minimum Gasteiger partial charge on any atom is -0.381 e. The van der Waals surface area contributed by atoms with Gasteiger partial charge in [-0.2, -0.15) is 0 Å². The molecule has 20 heavy (non-hydrogen) atoms. The first-order chi connectivity index (χ1) is 9.58. The molecular formula is C15H22N2O3. The van der Waals surface area contributed by atoms with Gasteiger partial charge in [0.25, 0.3) is 5.91 Å². The molecule has 2 fully saturated rings. The molecule has 1 aliphatic carbocycles. The van der Waals surface area contributed by atoms with Gasteiger partial charge >= 0.3 is 0 Å². The number of hydrogen-bond acceptors (Lipinski definition) is 4. The second kappa shape index (κ2) is 5.20. The van der Waals surface area contributed by atoms with Crippen LogP contribution >= 0.6 is 0 Å². The zero-order valence-corrected chi connectivity index (χ0v) is 12.3. The summed E-state index contributed by atoms with van der Waals surface area (Å²) in [6.45, 7) is 5.72. The molecule has 2 aliphatic rings. The SMILES string of the molecule is COC1C[C@@H]2CN(C(=O)c3cc(C(C)C)no3)C[C@@H]2C1. The predicted molar refractivity (Wildman–Crippen MR) is 73.5 cm³/mol. The lowest BCUT2D eigenvalue weighted by Gasteiger charge is -2.17. The molecule has 0 radical (unpaired) electrons. The van der Waals surface area contributed by atoms with Crippen molar-refractivity contribution < 1.29 is 14.1 Å². The zero-order valence-electron chi connectivity index (χ0n) is 12.3. The second-order valence-corrected chi connectivity index (χ2v) is 6.33. The predicted octanol–water partition coefficient (Wildman–Crippen LogP) is 2.29. The van der Waals surface area contributed by atoms with E-state index in [0.717, 1.165) is 31.6 Å². The Hall–Kier alpha value is -1.36. The van der Waals surface area contributed by atoms with Crippen molar-refractivity contribution in [2.45, 2.75) is 38.7 Å². The minimum absolute atomic E-state index is 0.0206. The molecule has 0 aromatic carbocycles. The highest BCUT2D eigenvalue weighted by molar-refractivity contribution is 5.91. The summed E-state index contributed by atoms with van der Waals surface area (Å²) in [5, 5.41) is 3.96. The van der Waals surface area contributed by atoms with Crippen LogP contribution in [0.1, 0.15) is 48.9 Å². The van der Waals surface area contributed by atoms with Gasteiger partial charge < -0.3 is 14.2 Å². The normalized spacial score (nSPS) is 29.2. The van der Waals surface area contributed by atoms with Gasteiger partial charge in [-0.1, -0.05) is 19.0 Å². The number of amides is 1. The Morgan fingerprint density at radius 3 is 2.55 bits per heavy atom. The highest BCUT2D eigenvalue weighted by Crippen LogP contribution is 2.39. The molecule has 1 aromatic rings. The Morgan fingerprint density at radius 1 is 1.40 bits per heavy atom. The van der Waals surface area contributed by atoms with Gasteiger partial charge in [0.2, 0.25) is 5.76 Å². The fraction of sp³-hybridized carbons (Fsp3) is 0.733. The van der Waals surface area contributed by atoms with Gasteiger partial charge in [-0.15, -0.1) is 0 Å². The Bertz CT molecular complexity index is 483. The molecule has 5 nitrogen and oxygen atoms in total. The molecule has 1 aromatic heterocycles. The monoisotopic (exact) mass is 278 g/mol. The molecule has 5 heteroatoms. The number of carbonyl (C=O) groups is 1. The lowest BCUT2D eigenvalue weighted by molar-refractivity contribution is 0.0695. The quantitative estimate of drug-likeness (QED) is 0.851. The number of rotatable bonds is 3. The van der Waals surface area contributed by atoms with E-state index in [-0.39, 0.29) is 11.8 Å². The van der Waals surface area contributed by atoms with Crippen molar-refractivity contribution in [1.82, 2.24) is 10.1 Å². The number of fused-ring (bicyclic) bond motifs is 1. The van der Waals surface area contributed by atoms with Crippen LogP contribution < -0.4 is 0 Å². The Morgan fingerprint density at radius 2 is 2.05 bits per heavy atom. The summed E-state index contributed by atoms with van der Waals surface area (Å²) in [5.41, 5.74) is 0.840. The Labute approximate surface area is 119 Å². The Balaban J connectivity index is 1.65. The van der Waals surface area contributed by atoms with Gasteiger partial charge in [-0.25, -0.2) is 0 Å². The fourth-order valence-corrected chi connectivity index (χ4v) is 3.42. The topological polar surface area (TPSA) is 55.6 Å². The van der Waals surface area contributed by atoms with Crippen LogP contribution in [0, 0.1) is 11.8 Å². The van der Waals surface area contributed by atoms with Crippen LogP contribution in [-0.2, 0) is 4.74 Å². The first kappa shape index (κ1) is 13.6. The molecule has 1 amide bonds. The molecule has 1 aliphatic heterocycles. The van der Waals surface area contributed by atoms with Crippen LogP contribution in [0.25, 0.3) is 0 Å². The van der Waals surface area contributed by atoms with E-state index in [1.807, 2.05) is 18.7 Å². The third-order valence-electron chi connectivity index (χ3n) is 4.66. The zero-order chi connectivity index (χ0) is 14.3. The van der Waals surface area contributed by atoms with Gasteiger partial charge in [0.15, 0.2) is 0 Å². The smallest absolute Gasteiger partial charge is 0.292 e. The lowest BCUT2D eigenvalue weighted by Crippen LogP contribution is -2.30. The molecule has 0 bridgehead atoms. The van der Waals surface area contributed by atoms with Crippen molar-refractivity contribution in [3.8, 4) is 0 Å². The maximum Gasteiger partial charge on any atom is 0.292 e. The molecule has 1 saturated carbocycles. The van der Waals surface area contributed by atoms with Gasteiger partial charge in [-0.05, 0) is 30.6 Å². The number of aromatic nitrogens is 1. The van der Waals surface area contributed by atoms with Crippen molar-refractivity contribution in [2.75, 3.05) is 20.2 Å². The molecule has 2 heterocycles. The maximum absolute atomic E-state index is 12.4. The van der Waals surface area contributed by atoms with E-state index >= 15 is 0 Å². The molecule has 0 N–H and O–H groups in total. The first-order valence-electron chi connectivity index (χ1n) is 7.37. The van der Waals surface area contributed by atoms with Crippen molar-refractivity contribution in [3.63, 3.8) is 0 Å². The van der Waals surface area contributed by atoms with Crippen LogP contribution in [0.4, 0.5) is 0 Å². The molecule has 1 unspecified atom stereocenters. The van der Waals surface area contributed by atoms with Crippen LogP contribution in [0.3, 0.4) is 0 Å². The summed E-state index contributed by atoms with van der Waals surface area (Å²) < 4.78 is 10.6. The lowest BCUT2D eigenvalue weighted by atomic mass is 10.0. The fourth-order valence-electron chi connectivity index (χ4n) is 3.42. The molecule has 1 saturated heterocycles. The number of ether oxygens (including phenoxy) is 1. The van der Waals surface area contributed by atoms with Gasteiger partial charge in [-0.3, -0.25) is 4.79 Å². The largest absolute Gasteiger partial charge is 0.381 e. The number of hydrogen-bond donors (Lipinski definition) is 0. The molecule has 0 spiro atoms.